The van der Waals surface area contributed by atoms with Gasteiger partial charge in [0, 0.05) is 11.3 Å². The number of hydrogen-bond acceptors (Lipinski definition) is 5. The molecule has 0 radical (unpaired) electrons. The zero-order chi connectivity index (χ0) is 12.4. The average Bonchev–Trinajstić information content (AvgIpc) is 2.86. The third-order valence-electron chi connectivity index (χ3n) is 3.13. The first-order chi connectivity index (χ1) is 8.11. The van der Waals surface area contributed by atoms with Crippen LogP contribution in [0.25, 0.3) is 0 Å². The van der Waals surface area contributed by atoms with Crippen molar-refractivity contribution in [3.8, 4) is 0 Å². The topological polar surface area (TPSA) is 62.2 Å². The van der Waals surface area contributed by atoms with E-state index in [0.717, 1.165) is 12.8 Å². The quantitative estimate of drug-likeness (QED) is 0.882. The van der Waals surface area contributed by atoms with Crippen molar-refractivity contribution in [1.82, 2.24) is 4.37 Å². The molecule has 2 atom stereocenters. The third kappa shape index (κ3) is 2.74. The van der Waals surface area contributed by atoms with E-state index in [1.807, 2.05) is 11.8 Å². The predicted octanol–water partition coefficient (Wildman–Crippen LogP) is 2.85. The van der Waals surface area contributed by atoms with Crippen LogP contribution in [0.1, 0.15) is 35.3 Å². The lowest BCUT2D eigenvalue weighted by Crippen LogP contribution is -2.17. The molecule has 1 fully saturated rings. The molecule has 2 N–H and O–H groups in total. The fourth-order valence-corrected chi connectivity index (χ4v) is 3.85. The highest BCUT2D eigenvalue weighted by Gasteiger charge is 2.26. The van der Waals surface area contributed by atoms with Crippen LogP contribution in [-0.2, 0) is 0 Å². The maximum atomic E-state index is 11.1. The van der Waals surface area contributed by atoms with Gasteiger partial charge in [0.2, 0.25) is 0 Å². The van der Waals surface area contributed by atoms with E-state index in [0.29, 0.717) is 27.6 Å². The summed E-state index contributed by atoms with van der Waals surface area (Å²) < 4.78 is 4.11. The van der Waals surface area contributed by atoms with Gasteiger partial charge >= 0.3 is 5.97 Å². The molecule has 0 aromatic carbocycles. The Morgan fingerprint density at radius 3 is 2.94 bits per heavy atom. The number of carboxylic acid groups (broad SMARTS) is 1. The van der Waals surface area contributed by atoms with Crippen LogP contribution in [0, 0.1) is 6.92 Å². The van der Waals surface area contributed by atoms with Gasteiger partial charge in [-0.15, -0.1) is 0 Å². The molecule has 1 heterocycles. The lowest BCUT2D eigenvalue weighted by molar-refractivity contribution is 0.0697. The number of rotatable bonds is 4. The number of carbonyl (C=O) groups is 1. The molecule has 94 valence electrons. The van der Waals surface area contributed by atoms with E-state index in [1.165, 1.54) is 18.0 Å². The molecule has 1 saturated carbocycles. The van der Waals surface area contributed by atoms with Crippen LogP contribution in [0.15, 0.2) is 0 Å². The van der Waals surface area contributed by atoms with Gasteiger partial charge in [-0.1, -0.05) is 0 Å². The molecule has 1 aromatic rings. The first kappa shape index (κ1) is 12.7. The van der Waals surface area contributed by atoms with E-state index in [9.17, 15) is 4.79 Å². The molecule has 4 nitrogen and oxygen atoms in total. The van der Waals surface area contributed by atoms with Crippen LogP contribution in [0.5, 0.6) is 0 Å². The van der Waals surface area contributed by atoms with Crippen LogP contribution in [0.2, 0.25) is 0 Å². The summed E-state index contributed by atoms with van der Waals surface area (Å²) in [7, 11) is 0. The normalized spacial score (nSPS) is 23.9. The molecule has 2 unspecified atom stereocenters. The molecular weight excluding hydrogens is 256 g/mol. The van der Waals surface area contributed by atoms with Crippen molar-refractivity contribution >= 4 is 34.3 Å². The number of nitrogens with zero attached hydrogens (tertiary/aromatic N) is 1. The smallest absolute Gasteiger partial charge is 0.340 e. The number of anilines is 1. The minimum absolute atomic E-state index is 0.336. The highest BCUT2D eigenvalue weighted by atomic mass is 32.2. The molecule has 1 aromatic heterocycles. The molecule has 0 bridgehead atoms. The largest absolute Gasteiger partial charge is 0.478 e. The van der Waals surface area contributed by atoms with Gasteiger partial charge < -0.3 is 10.4 Å². The number of thioether (sulfide) groups is 1. The van der Waals surface area contributed by atoms with E-state index in [1.54, 1.807) is 6.92 Å². The summed E-state index contributed by atoms with van der Waals surface area (Å²) in [4.78, 5) is 11.1. The second-order valence-electron chi connectivity index (χ2n) is 4.29. The minimum Gasteiger partial charge on any atom is -0.478 e. The number of nitrogens with one attached hydrogen (secondary N) is 1. The van der Waals surface area contributed by atoms with Gasteiger partial charge in [-0.3, -0.25) is 0 Å². The summed E-state index contributed by atoms with van der Waals surface area (Å²) >= 11 is 3.15. The maximum Gasteiger partial charge on any atom is 0.340 e. The zero-order valence-electron chi connectivity index (χ0n) is 9.90. The summed E-state index contributed by atoms with van der Waals surface area (Å²) in [6.07, 6.45) is 5.56. The zero-order valence-corrected chi connectivity index (χ0v) is 11.5. The monoisotopic (exact) mass is 272 g/mol. The molecule has 2 rings (SSSR count). The second kappa shape index (κ2) is 5.27. The number of aryl methyl sites for hydroxylation is 1. The first-order valence-corrected chi connectivity index (χ1v) is 7.66. The van der Waals surface area contributed by atoms with Crippen molar-refractivity contribution in [2.45, 2.75) is 37.5 Å². The van der Waals surface area contributed by atoms with Crippen molar-refractivity contribution in [1.29, 1.82) is 0 Å². The summed E-state index contributed by atoms with van der Waals surface area (Å²) in [5.41, 5.74) is 0.937. The molecule has 6 heteroatoms. The second-order valence-corrected chi connectivity index (χ2v) is 6.20. The van der Waals surface area contributed by atoms with Crippen molar-refractivity contribution in [3.05, 3.63) is 11.3 Å². The number of aromatic nitrogens is 1. The Bertz CT molecular complexity index is 420. The van der Waals surface area contributed by atoms with Crippen LogP contribution in [-0.4, -0.2) is 33.0 Å². The molecule has 1 aliphatic rings. The standard InChI is InChI=1S/C11H16N2O2S2/c1-6-9(11(14)15)10(17-13-6)12-7-3-4-8(5-7)16-2/h7-8,12H,3-5H2,1-2H3,(H,14,15). The van der Waals surface area contributed by atoms with Crippen LogP contribution in [0.4, 0.5) is 5.00 Å². The lowest BCUT2D eigenvalue weighted by atomic mass is 10.2. The first-order valence-electron chi connectivity index (χ1n) is 5.60. The lowest BCUT2D eigenvalue weighted by Gasteiger charge is -2.12. The maximum absolute atomic E-state index is 11.1. The van der Waals surface area contributed by atoms with Gasteiger partial charge in [0.05, 0.1) is 5.69 Å². The summed E-state index contributed by atoms with van der Waals surface area (Å²) in [5, 5.41) is 13.9. The van der Waals surface area contributed by atoms with Crippen molar-refractivity contribution < 1.29 is 9.90 Å². The SMILES string of the molecule is CSC1CCC(Nc2snc(C)c2C(=O)O)C1. The highest BCUT2D eigenvalue weighted by Crippen LogP contribution is 2.33. The number of carboxylic acids is 1. The van der Waals surface area contributed by atoms with Crippen LogP contribution < -0.4 is 5.32 Å². The predicted molar refractivity (Wildman–Crippen MR) is 72.4 cm³/mol. The Morgan fingerprint density at radius 2 is 2.35 bits per heavy atom. The van der Waals surface area contributed by atoms with E-state index in [4.69, 9.17) is 5.11 Å². The van der Waals surface area contributed by atoms with Gasteiger partial charge in [-0.2, -0.15) is 16.1 Å². The number of hydrogen-bond donors (Lipinski definition) is 2. The Hall–Kier alpha value is -0.750. The van der Waals surface area contributed by atoms with Gasteiger partial charge in [0.1, 0.15) is 10.6 Å². The van der Waals surface area contributed by atoms with Gasteiger partial charge in [-0.05, 0) is 44.0 Å². The van der Waals surface area contributed by atoms with E-state index >= 15 is 0 Å². The molecule has 17 heavy (non-hydrogen) atoms. The fourth-order valence-electron chi connectivity index (χ4n) is 2.19. The Kier molecular flexibility index (Phi) is 3.93. The van der Waals surface area contributed by atoms with E-state index < -0.39 is 5.97 Å². The summed E-state index contributed by atoms with van der Waals surface area (Å²) in [5.74, 6) is -0.891. The van der Waals surface area contributed by atoms with Crippen molar-refractivity contribution in [2.24, 2.45) is 0 Å². The average molecular weight is 272 g/mol. The Balaban J connectivity index is 2.07. The molecular formula is C11H16N2O2S2. The molecule has 0 spiro atoms. The van der Waals surface area contributed by atoms with E-state index in [-0.39, 0.29) is 0 Å². The van der Waals surface area contributed by atoms with Crippen LogP contribution in [0.3, 0.4) is 0 Å². The molecule has 0 aliphatic heterocycles. The fraction of sp³-hybridized carbons (Fsp3) is 0.636. The minimum atomic E-state index is -0.891. The Morgan fingerprint density at radius 1 is 1.59 bits per heavy atom. The molecule has 1 aliphatic carbocycles. The molecule has 0 amide bonds. The highest BCUT2D eigenvalue weighted by molar-refractivity contribution is 7.99. The van der Waals surface area contributed by atoms with Crippen LogP contribution >= 0.6 is 23.3 Å². The third-order valence-corrected chi connectivity index (χ3v) is 5.09. The van der Waals surface area contributed by atoms with Gasteiger partial charge in [0.25, 0.3) is 0 Å². The van der Waals surface area contributed by atoms with E-state index in [2.05, 4.69) is 15.9 Å². The summed E-state index contributed by atoms with van der Waals surface area (Å²) in [6, 6.07) is 0.394. The van der Waals surface area contributed by atoms with Gasteiger partial charge in [-0.25, -0.2) is 4.79 Å². The van der Waals surface area contributed by atoms with Gasteiger partial charge in [0.15, 0.2) is 0 Å². The number of aromatic carboxylic acids is 1. The molecule has 0 saturated heterocycles. The summed E-state index contributed by atoms with van der Waals surface area (Å²) in [6.45, 7) is 1.74. The van der Waals surface area contributed by atoms with Crippen molar-refractivity contribution in [3.63, 3.8) is 0 Å². The Labute approximate surface area is 109 Å². The van der Waals surface area contributed by atoms with Crippen molar-refractivity contribution in [2.75, 3.05) is 11.6 Å².